The minimum absolute atomic E-state index is 0.0457. The summed E-state index contributed by atoms with van der Waals surface area (Å²) in [4.78, 5) is 0.734. The van der Waals surface area contributed by atoms with Crippen molar-refractivity contribution >= 4 is 0 Å². The Morgan fingerprint density at radius 2 is 1.55 bits per heavy atom. The van der Waals surface area contributed by atoms with E-state index in [4.69, 9.17) is 0 Å². The van der Waals surface area contributed by atoms with E-state index in [1.54, 1.807) is 12.1 Å². The molecular formula is C16H27NO5. The van der Waals surface area contributed by atoms with E-state index in [0.717, 1.165) is 50.0 Å². The van der Waals surface area contributed by atoms with E-state index >= 15 is 0 Å². The average Bonchev–Trinajstić information content (AvgIpc) is 2.35. The standard InChI is InChI=1S/C16H27NO5/c1-4-5-6-7-12-8-9-14(18)10-13(12)11-17(15(2,19)20)16(3,21)22/h8-10,18-22H,4-7,11H2,1-3H3. The Kier molecular flexibility index (Phi) is 6.34. The number of aromatic hydroxyl groups is 1. The van der Waals surface area contributed by atoms with E-state index in [9.17, 15) is 25.5 Å². The molecule has 0 aromatic heterocycles. The summed E-state index contributed by atoms with van der Waals surface area (Å²) in [5.74, 6) is -4.78. The van der Waals surface area contributed by atoms with Gasteiger partial charge in [-0.1, -0.05) is 25.8 Å². The van der Waals surface area contributed by atoms with Crippen molar-refractivity contribution in [1.29, 1.82) is 0 Å². The molecule has 0 saturated heterocycles. The lowest BCUT2D eigenvalue weighted by Crippen LogP contribution is -2.58. The number of rotatable bonds is 8. The van der Waals surface area contributed by atoms with Crippen LogP contribution in [0.2, 0.25) is 0 Å². The molecule has 0 fully saturated rings. The van der Waals surface area contributed by atoms with Crippen molar-refractivity contribution in [3.8, 4) is 5.75 Å². The first-order valence-electron chi connectivity index (χ1n) is 7.53. The number of aliphatic hydroxyl groups is 4. The smallest absolute Gasteiger partial charge is 0.226 e. The van der Waals surface area contributed by atoms with Crippen LogP contribution in [0.3, 0.4) is 0 Å². The summed E-state index contributed by atoms with van der Waals surface area (Å²) in [5, 5.41) is 48.6. The molecule has 1 aromatic carbocycles. The molecule has 0 aliphatic heterocycles. The molecule has 0 amide bonds. The van der Waals surface area contributed by atoms with Gasteiger partial charge >= 0.3 is 0 Å². The highest BCUT2D eigenvalue weighted by Gasteiger charge is 2.39. The van der Waals surface area contributed by atoms with Crippen molar-refractivity contribution in [3.05, 3.63) is 29.3 Å². The maximum absolute atomic E-state index is 9.75. The third-order valence-corrected chi connectivity index (χ3v) is 3.59. The zero-order valence-electron chi connectivity index (χ0n) is 13.5. The quantitative estimate of drug-likeness (QED) is 0.365. The molecule has 0 spiro atoms. The predicted octanol–water partition coefficient (Wildman–Crippen LogP) is 1.24. The van der Waals surface area contributed by atoms with Crippen molar-refractivity contribution in [3.63, 3.8) is 0 Å². The van der Waals surface area contributed by atoms with Gasteiger partial charge in [-0.2, -0.15) is 4.90 Å². The van der Waals surface area contributed by atoms with E-state index in [1.807, 2.05) is 0 Å². The SMILES string of the molecule is CCCCCc1ccc(O)cc1CN(C(C)(O)O)C(C)(O)O. The minimum atomic E-state index is -2.41. The Labute approximate surface area is 131 Å². The van der Waals surface area contributed by atoms with Gasteiger partial charge in [0.05, 0.1) is 0 Å². The second kappa shape index (κ2) is 7.39. The molecule has 0 unspecified atom stereocenters. The molecule has 0 saturated carbocycles. The molecule has 0 radical (unpaired) electrons. The molecule has 5 N–H and O–H groups in total. The molecule has 126 valence electrons. The van der Waals surface area contributed by atoms with Gasteiger partial charge in [0, 0.05) is 20.4 Å². The zero-order valence-corrected chi connectivity index (χ0v) is 13.5. The molecule has 0 atom stereocenters. The molecule has 0 aliphatic rings. The number of phenolic OH excluding ortho intramolecular Hbond substituents is 1. The van der Waals surface area contributed by atoms with Crippen LogP contribution in [0.5, 0.6) is 5.75 Å². The fourth-order valence-corrected chi connectivity index (χ4v) is 2.44. The minimum Gasteiger partial charge on any atom is -0.508 e. The summed E-state index contributed by atoms with van der Waals surface area (Å²) in [6.45, 7) is 4.09. The summed E-state index contributed by atoms with van der Waals surface area (Å²) in [7, 11) is 0. The largest absolute Gasteiger partial charge is 0.508 e. The van der Waals surface area contributed by atoms with E-state index < -0.39 is 11.8 Å². The molecule has 0 aliphatic carbocycles. The van der Waals surface area contributed by atoms with Gasteiger partial charge in [-0.15, -0.1) is 0 Å². The van der Waals surface area contributed by atoms with Crippen molar-refractivity contribution in [2.45, 2.75) is 64.8 Å². The number of phenols is 1. The molecule has 1 aromatic rings. The lowest BCUT2D eigenvalue weighted by molar-refractivity contribution is -0.374. The van der Waals surface area contributed by atoms with Crippen molar-refractivity contribution < 1.29 is 25.5 Å². The average molecular weight is 313 g/mol. The fourth-order valence-electron chi connectivity index (χ4n) is 2.44. The van der Waals surface area contributed by atoms with Crippen LogP contribution in [0, 0.1) is 0 Å². The summed E-state index contributed by atoms with van der Waals surface area (Å²) in [6, 6.07) is 4.85. The van der Waals surface area contributed by atoms with Crippen LogP contribution in [0.1, 0.15) is 51.2 Å². The van der Waals surface area contributed by atoms with Crippen LogP contribution in [0.15, 0.2) is 18.2 Å². The second-order valence-electron chi connectivity index (χ2n) is 5.94. The van der Waals surface area contributed by atoms with Gasteiger partial charge in [0.2, 0.25) is 11.8 Å². The van der Waals surface area contributed by atoms with Crippen LogP contribution in [-0.4, -0.2) is 42.3 Å². The van der Waals surface area contributed by atoms with Crippen LogP contribution in [0.25, 0.3) is 0 Å². The number of unbranched alkanes of at least 4 members (excludes halogenated alkanes) is 2. The normalized spacial score (nSPS) is 12.9. The van der Waals surface area contributed by atoms with Gasteiger partial charge in [0.25, 0.3) is 0 Å². The number of aryl methyl sites for hydroxylation is 1. The summed E-state index contributed by atoms with van der Waals surface area (Å²) < 4.78 is 0. The zero-order chi connectivity index (χ0) is 17.0. The summed E-state index contributed by atoms with van der Waals surface area (Å²) in [6.07, 6.45) is 3.90. The molecular weight excluding hydrogens is 286 g/mol. The Balaban J connectivity index is 3.05. The van der Waals surface area contributed by atoms with Gasteiger partial charge in [-0.3, -0.25) is 0 Å². The van der Waals surface area contributed by atoms with Crippen molar-refractivity contribution in [1.82, 2.24) is 4.90 Å². The first kappa shape index (κ1) is 18.9. The summed E-state index contributed by atoms with van der Waals surface area (Å²) >= 11 is 0. The van der Waals surface area contributed by atoms with Crippen molar-refractivity contribution in [2.75, 3.05) is 0 Å². The van der Waals surface area contributed by atoms with Gasteiger partial charge in [0.1, 0.15) is 5.75 Å². The van der Waals surface area contributed by atoms with Crippen LogP contribution in [0.4, 0.5) is 0 Å². The number of nitrogens with zero attached hydrogens (tertiary/aromatic N) is 1. The second-order valence-corrected chi connectivity index (χ2v) is 5.94. The topological polar surface area (TPSA) is 104 Å². The fraction of sp³-hybridized carbons (Fsp3) is 0.625. The predicted molar refractivity (Wildman–Crippen MR) is 82.6 cm³/mol. The van der Waals surface area contributed by atoms with Gasteiger partial charge in [0.15, 0.2) is 0 Å². The molecule has 6 nitrogen and oxygen atoms in total. The van der Waals surface area contributed by atoms with Crippen molar-refractivity contribution in [2.24, 2.45) is 0 Å². The Hall–Kier alpha value is -1.18. The molecule has 6 heteroatoms. The van der Waals surface area contributed by atoms with E-state index in [-0.39, 0.29) is 12.3 Å². The third kappa shape index (κ3) is 5.55. The lowest BCUT2D eigenvalue weighted by Gasteiger charge is -2.39. The van der Waals surface area contributed by atoms with E-state index in [0.29, 0.717) is 5.56 Å². The van der Waals surface area contributed by atoms with Crippen LogP contribution in [-0.2, 0) is 13.0 Å². The first-order chi connectivity index (χ1) is 10.1. The maximum Gasteiger partial charge on any atom is 0.226 e. The van der Waals surface area contributed by atoms with Crippen LogP contribution < -0.4 is 0 Å². The molecule has 22 heavy (non-hydrogen) atoms. The van der Waals surface area contributed by atoms with Gasteiger partial charge in [-0.05, 0) is 36.1 Å². The van der Waals surface area contributed by atoms with E-state index in [1.165, 1.54) is 6.07 Å². The van der Waals surface area contributed by atoms with Gasteiger partial charge < -0.3 is 25.5 Å². The Morgan fingerprint density at radius 3 is 2.05 bits per heavy atom. The lowest BCUT2D eigenvalue weighted by atomic mass is 10.00. The van der Waals surface area contributed by atoms with Gasteiger partial charge in [-0.25, -0.2) is 0 Å². The number of hydrogen-bond donors (Lipinski definition) is 5. The molecule has 0 bridgehead atoms. The molecule has 1 rings (SSSR count). The first-order valence-corrected chi connectivity index (χ1v) is 7.53. The maximum atomic E-state index is 9.75. The number of benzene rings is 1. The summed E-state index contributed by atoms with van der Waals surface area (Å²) in [5.41, 5.74) is 1.56. The Bertz CT molecular complexity index is 462. The van der Waals surface area contributed by atoms with E-state index in [2.05, 4.69) is 6.92 Å². The van der Waals surface area contributed by atoms with Crippen LogP contribution >= 0.6 is 0 Å². The number of hydrogen-bond acceptors (Lipinski definition) is 6. The highest BCUT2D eigenvalue weighted by atomic mass is 16.6. The monoisotopic (exact) mass is 313 g/mol. The highest BCUT2D eigenvalue weighted by Crippen LogP contribution is 2.26. The Morgan fingerprint density at radius 1 is 0.955 bits per heavy atom. The molecule has 0 heterocycles. The third-order valence-electron chi connectivity index (χ3n) is 3.59. The highest BCUT2D eigenvalue weighted by molar-refractivity contribution is 5.35.